The third-order valence-corrected chi connectivity index (χ3v) is 4.86. The molecule has 0 fully saturated rings. The maximum Gasteiger partial charge on any atom is 0.312 e. The molecular weight excluding hydrogens is 382 g/mol. The second kappa shape index (κ2) is 9.82. The first-order valence-corrected chi connectivity index (χ1v) is 9.94. The standard InChI is InChI=1S/C23H25N3O4/c1-15(12-13-17-8-4-3-5-9-17)24-22(28)16(2)30-21(27)14-20-18-10-6-7-11-19(18)23(29)26-25-20/h3-11,15-16H,12-14H2,1-2H3,(H,24,28)(H,26,29)/t15-,16+/m1/s1. The molecule has 0 saturated carbocycles. The summed E-state index contributed by atoms with van der Waals surface area (Å²) in [6.07, 6.45) is 0.564. The lowest BCUT2D eigenvalue weighted by Gasteiger charge is -2.18. The van der Waals surface area contributed by atoms with Crippen molar-refractivity contribution in [3.05, 3.63) is 76.2 Å². The van der Waals surface area contributed by atoms with Crippen molar-refractivity contribution in [2.45, 2.75) is 45.3 Å². The van der Waals surface area contributed by atoms with E-state index in [0.717, 1.165) is 12.8 Å². The summed E-state index contributed by atoms with van der Waals surface area (Å²) in [6, 6.07) is 16.9. The zero-order valence-corrected chi connectivity index (χ0v) is 17.1. The van der Waals surface area contributed by atoms with Crippen LogP contribution in [-0.4, -0.2) is 34.2 Å². The first-order valence-electron chi connectivity index (χ1n) is 9.94. The van der Waals surface area contributed by atoms with Gasteiger partial charge >= 0.3 is 5.97 Å². The van der Waals surface area contributed by atoms with Crippen molar-refractivity contribution in [3.8, 4) is 0 Å². The molecule has 0 bridgehead atoms. The van der Waals surface area contributed by atoms with Crippen LogP contribution in [0.25, 0.3) is 10.8 Å². The normalized spacial score (nSPS) is 12.9. The van der Waals surface area contributed by atoms with Gasteiger partial charge in [0.25, 0.3) is 11.5 Å². The van der Waals surface area contributed by atoms with Crippen molar-refractivity contribution in [1.29, 1.82) is 0 Å². The highest BCUT2D eigenvalue weighted by atomic mass is 16.5. The Morgan fingerprint density at radius 2 is 1.70 bits per heavy atom. The van der Waals surface area contributed by atoms with Crippen LogP contribution in [0.15, 0.2) is 59.4 Å². The van der Waals surface area contributed by atoms with Crippen molar-refractivity contribution in [1.82, 2.24) is 15.5 Å². The van der Waals surface area contributed by atoms with Gasteiger partial charge in [-0.2, -0.15) is 5.10 Å². The van der Waals surface area contributed by atoms with E-state index in [9.17, 15) is 14.4 Å². The third-order valence-electron chi connectivity index (χ3n) is 4.86. The minimum Gasteiger partial charge on any atom is -0.452 e. The molecule has 2 aromatic carbocycles. The molecule has 30 heavy (non-hydrogen) atoms. The number of nitrogens with zero attached hydrogens (tertiary/aromatic N) is 1. The first kappa shape index (κ1) is 21.2. The van der Waals surface area contributed by atoms with Crippen LogP contribution in [0, 0.1) is 0 Å². The van der Waals surface area contributed by atoms with E-state index in [4.69, 9.17) is 4.74 Å². The number of H-pyrrole nitrogens is 1. The van der Waals surface area contributed by atoms with Gasteiger partial charge in [0.05, 0.1) is 17.5 Å². The van der Waals surface area contributed by atoms with E-state index in [1.807, 2.05) is 37.3 Å². The fourth-order valence-corrected chi connectivity index (χ4v) is 3.20. The van der Waals surface area contributed by atoms with E-state index in [0.29, 0.717) is 16.5 Å². The Morgan fingerprint density at radius 1 is 1.03 bits per heavy atom. The second-order valence-electron chi connectivity index (χ2n) is 7.29. The Morgan fingerprint density at radius 3 is 2.43 bits per heavy atom. The van der Waals surface area contributed by atoms with Crippen molar-refractivity contribution < 1.29 is 14.3 Å². The number of aromatic amines is 1. The van der Waals surface area contributed by atoms with Crippen LogP contribution in [0.2, 0.25) is 0 Å². The lowest BCUT2D eigenvalue weighted by Crippen LogP contribution is -2.41. The Balaban J connectivity index is 1.52. The molecule has 0 aliphatic rings. The molecule has 3 rings (SSSR count). The van der Waals surface area contributed by atoms with Crippen molar-refractivity contribution in [3.63, 3.8) is 0 Å². The molecule has 0 unspecified atom stereocenters. The maximum absolute atomic E-state index is 12.4. The number of benzene rings is 2. The lowest BCUT2D eigenvalue weighted by molar-refractivity contribution is -0.154. The highest BCUT2D eigenvalue weighted by molar-refractivity contribution is 5.88. The summed E-state index contributed by atoms with van der Waals surface area (Å²) >= 11 is 0. The molecule has 7 heteroatoms. The van der Waals surface area contributed by atoms with Gasteiger partial charge in [-0.3, -0.25) is 14.4 Å². The summed E-state index contributed by atoms with van der Waals surface area (Å²) in [6.45, 7) is 3.46. The topological polar surface area (TPSA) is 101 Å². The highest BCUT2D eigenvalue weighted by Gasteiger charge is 2.20. The molecule has 156 valence electrons. The molecule has 0 aliphatic carbocycles. The predicted molar refractivity (Wildman–Crippen MR) is 114 cm³/mol. The molecule has 3 aromatic rings. The van der Waals surface area contributed by atoms with Gasteiger partial charge in [0.2, 0.25) is 0 Å². The van der Waals surface area contributed by atoms with Gasteiger partial charge in [-0.05, 0) is 38.3 Å². The van der Waals surface area contributed by atoms with Crippen molar-refractivity contribution in [2.75, 3.05) is 0 Å². The molecule has 0 spiro atoms. The minimum atomic E-state index is -0.925. The zero-order valence-electron chi connectivity index (χ0n) is 17.1. The SMILES string of the molecule is C[C@H](CCc1ccccc1)NC(=O)[C@H](C)OC(=O)Cc1n[nH]c(=O)c2ccccc12. The number of carbonyl (C=O) groups excluding carboxylic acids is 2. The van der Waals surface area contributed by atoms with E-state index < -0.39 is 12.1 Å². The van der Waals surface area contributed by atoms with E-state index >= 15 is 0 Å². The molecule has 0 radical (unpaired) electrons. The van der Waals surface area contributed by atoms with Gasteiger partial charge in [0.1, 0.15) is 0 Å². The van der Waals surface area contributed by atoms with Gasteiger partial charge in [-0.1, -0.05) is 48.5 Å². The molecule has 2 N–H and O–H groups in total. The maximum atomic E-state index is 12.4. The van der Waals surface area contributed by atoms with Crippen LogP contribution < -0.4 is 10.9 Å². The number of esters is 1. The van der Waals surface area contributed by atoms with E-state index in [1.54, 1.807) is 24.3 Å². The summed E-state index contributed by atoms with van der Waals surface area (Å²) in [7, 11) is 0. The minimum absolute atomic E-state index is 0.0522. The number of hydrogen-bond donors (Lipinski definition) is 2. The summed E-state index contributed by atoms with van der Waals surface area (Å²) in [5.41, 5.74) is 1.29. The average molecular weight is 407 g/mol. The van der Waals surface area contributed by atoms with Crippen molar-refractivity contribution >= 4 is 22.6 Å². The molecule has 1 heterocycles. The highest BCUT2D eigenvalue weighted by Crippen LogP contribution is 2.13. The van der Waals surface area contributed by atoms with E-state index in [-0.39, 0.29) is 23.9 Å². The van der Waals surface area contributed by atoms with E-state index in [1.165, 1.54) is 12.5 Å². The number of rotatable bonds is 8. The fraction of sp³-hybridized carbons (Fsp3) is 0.304. The number of aromatic nitrogens is 2. The average Bonchev–Trinajstić information content (AvgIpc) is 2.75. The monoisotopic (exact) mass is 407 g/mol. The lowest BCUT2D eigenvalue weighted by atomic mass is 10.1. The summed E-state index contributed by atoms with van der Waals surface area (Å²) < 4.78 is 5.28. The second-order valence-corrected chi connectivity index (χ2v) is 7.29. The number of ether oxygens (including phenoxy) is 1. The Kier molecular flexibility index (Phi) is 6.95. The van der Waals surface area contributed by atoms with Crippen molar-refractivity contribution in [2.24, 2.45) is 0 Å². The van der Waals surface area contributed by atoms with Crippen LogP contribution in [-0.2, 0) is 27.2 Å². The number of hydrogen-bond acceptors (Lipinski definition) is 5. The van der Waals surface area contributed by atoms with Crippen LogP contribution in [0.4, 0.5) is 0 Å². The smallest absolute Gasteiger partial charge is 0.312 e. The summed E-state index contributed by atoms with van der Waals surface area (Å²) in [5, 5.41) is 10.3. The first-order chi connectivity index (χ1) is 14.4. The molecule has 7 nitrogen and oxygen atoms in total. The Hall–Kier alpha value is -3.48. The third kappa shape index (κ3) is 5.53. The van der Waals surface area contributed by atoms with Crippen LogP contribution in [0.1, 0.15) is 31.5 Å². The molecular formula is C23H25N3O4. The fourth-order valence-electron chi connectivity index (χ4n) is 3.20. The largest absolute Gasteiger partial charge is 0.452 e. The van der Waals surface area contributed by atoms with Gasteiger partial charge < -0.3 is 10.1 Å². The van der Waals surface area contributed by atoms with Gasteiger partial charge in [0, 0.05) is 11.4 Å². The van der Waals surface area contributed by atoms with Gasteiger partial charge in [0.15, 0.2) is 6.10 Å². The Bertz CT molecular complexity index is 1080. The van der Waals surface area contributed by atoms with Crippen LogP contribution in [0.3, 0.4) is 0 Å². The number of nitrogens with one attached hydrogen (secondary N) is 2. The van der Waals surface area contributed by atoms with Gasteiger partial charge in [-0.25, -0.2) is 5.10 Å². The molecule has 0 aliphatic heterocycles. The molecule has 0 saturated heterocycles. The van der Waals surface area contributed by atoms with Crippen LogP contribution >= 0.6 is 0 Å². The zero-order chi connectivity index (χ0) is 21.5. The molecule has 2 atom stereocenters. The molecule has 1 amide bonds. The quantitative estimate of drug-likeness (QED) is 0.559. The Labute approximate surface area is 174 Å². The number of aryl methyl sites for hydroxylation is 1. The van der Waals surface area contributed by atoms with Gasteiger partial charge in [-0.15, -0.1) is 0 Å². The number of carbonyl (C=O) groups is 2. The molecule has 1 aromatic heterocycles. The van der Waals surface area contributed by atoms with Crippen LogP contribution in [0.5, 0.6) is 0 Å². The summed E-state index contributed by atoms with van der Waals surface area (Å²) in [5.74, 6) is -0.928. The van der Waals surface area contributed by atoms with E-state index in [2.05, 4.69) is 15.5 Å². The predicted octanol–water partition coefficient (Wildman–Crippen LogP) is 2.53. The number of fused-ring (bicyclic) bond motifs is 1. The summed E-state index contributed by atoms with van der Waals surface area (Å²) in [4.78, 5) is 36.5. The number of amides is 1.